The molecule has 1 N–H and O–H groups in total. The van der Waals surface area contributed by atoms with Gasteiger partial charge in [-0.1, -0.05) is 26.0 Å². The van der Waals surface area contributed by atoms with E-state index in [0.29, 0.717) is 12.1 Å². The lowest BCUT2D eigenvalue weighted by Crippen LogP contribution is -2.38. The lowest BCUT2D eigenvalue weighted by Gasteiger charge is -2.30. The number of hydrogen-bond acceptors (Lipinski definition) is 5. The van der Waals surface area contributed by atoms with Gasteiger partial charge < -0.3 is 10.1 Å². The van der Waals surface area contributed by atoms with E-state index in [0.717, 1.165) is 24.4 Å². The van der Waals surface area contributed by atoms with E-state index < -0.39 is 4.92 Å². The maximum Gasteiger partial charge on any atom is 0.269 e. The van der Waals surface area contributed by atoms with Gasteiger partial charge in [0, 0.05) is 24.2 Å². The standard InChI is InChI=1S/C20H25N3O4/c1-4-22(5-2)19(16-7-6-8-18(13-16)27-3)14-21-20(24)15-9-11-17(12-10-15)23(25)26/h6-13,19H,4-5,14H2,1-3H3,(H,21,24). The summed E-state index contributed by atoms with van der Waals surface area (Å²) in [4.78, 5) is 25.0. The maximum atomic E-state index is 12.5. The lowest BCUT2D eigenvalue weighted by atomic mass is 10.0. The molecule has 7 nitrogen and oxygen atoms in total. The number of ether oxygens (including phenoxy) is 1. The van der Waals surface area contributed by atoms with E-state index in [9.17, 15) is 14.9 Å². The Labute approximate surface area is 159 Å². The van der Waals surface area contributed by atoms with Gasteiger partial charge in [0.05, 0.1) is 18.1 Å². The van der Waals surface area contributed by atoms with Crippen molar-refractivity contribution in [3.05, 3.63) is 69.8 Å². The second-order valence-corrected chi connectivity index (χ2v) is 6.03. The van der Waals surface area contributed by atoms with Crippen molar-refractivity contribution in [3.8, 4) is 5.75 Å². The van der Waals surface area contributed by atoms with Gasteiger partial charge in [0.1, 0.15) is 5.75 Å². The first-order chi connectivity index (χ1) is 13.0. The highest BCUT2D eigenvalue weighted by Crippen LogP contribution is 2.24. The first-order valence-corrected chi connectivity index (χ1v) is 8.90. The van der Waals surface area contributed by atoms with Crippen LogP contribution in [0.4, 0.5) is 5.69 Å². The average Bonchev–Trinajstić information content (AvgIpc) is 2.71. The smallest absolute Gasteiger partial charge is 0.269 e. The summed E-state index contributed by atoms with van der Waals surface area (Å²) < 4.78 is 5.32. The topological polar surface area (TPSA) is 84.7 Å². The van der Waals surface area contributed by atoms with Crippen molar-refractivity contribution in [2.24, 2.45) is 0 Å². The number of nitro benzene ring substituents is 1. The van der Waals surface area contributed by atoms with Crippen LogP contribution in [-0.4, -0.2) is 42.5 Å². The second-order valence-electron chi connectivity index (χ2n) is 6.03. The zero-order valence-corrected chi connectivity index (χ0v) is 15.8. The summed E-state index contributed by atoms with van der Waals surface area (Å²) >= 11 is 0. The highest BCUT2D eigenvalue weighted by Gasteiger charge is 2.20. The number of methoxy groups -OCH3 is 1. The van der Waals surface area contributed by atoms with Gasteiger partial charge in [-0.15, -0.1) is 0 Å². The van der Waals surface area contributed by atoms with Crippen LogP contribution in [0.15, 0.2) is 48.5 Å². The molecular weight excluding hydrogens is 346 g/mol. The Morgan fingerprint density at radius 2 is 1.85 bits per heavy atom. The number of nitrogens with zero attached hydrogens (tertiary/aromatic N) is 2. The van der Waals surface area contributed by atoms with Crippen LogP contribution >= 0.6 is 0 Å². The van der Waals surface area contributed by atoms with Gasteiger partial charge in [-0.25, -0.2) is 0 Å². The van der Waals surface area contributed by atoms with Crippen LogP contribution in [0.1, 0.15) is 35.8 Å². The summed E-state index contributed by atoms with van der Waals surface area (Å²) in [6.45, 7) is 6.26. The molecule has 0 aromatic heterocycles. The molecule has 0 aliphatic carbocycles. The van der Waals surface area contributed by atoms with E-state index in [1.165, 1.54) is 24.3 Å². The van der Waals surface area contributed by atoms with E-state index >= 15 is 0 Å². The summed E-state index contributed by atoms with van der Waals surface area (Å²) in [6, 6.07) is 13.4. The molecule has 0 saturated heterocycles. The van der Waals surface area contributed by atoms with Gasteiger partial charge in [-0.3, -0.25) is 19.8 Å². The number of nitrogens with one attached hydrogen (secondary N) is 1. The predicted molar refractivity (Wildman–Crippen MR) is 104 cm³/mol. The Kier molecular flexibility index (Phi) is 7.31. The van der Waals surface area contributed by atoms with E-state index in [1.54, 1.807) is 7.11 Å². The minimum atomic E-state index is -0.485. The number of hydrogen-bond donors (Lipinski definition) is 1. The van der Waals surface area contributed by atoms with Crippen molar-refractivity contribution in [1.29, 1.82) is 0 Å². The molecule has 2 aromatic carbocycles. The zero-order chi connectivity index (χ0) is 19.8. The van der Waals surface area contributed by atoms with E-state index in [2.05, 4.69) is 24.1 Å². The largest absolute Gasteiger partial charge is 0.497 e. The molecule has 0 bridgehead atoms. The van der Waals surface area contributed by atoms with Crippen molar-refractivity contribution < 1.29 is 14.5 Å². The van der Waals surface area contributed by atoms with Gasteiger partial charge >= 0.3 is 0 Å². The highest BCUT2D eigenvalue weighted by molar-refractivity contribution is 5.94. The SMILES string of the molecule is CCN(CC)C(CNC(=O)c1ccc([N+](=O)[O-])cc1)c1cccc(OC)c1. The highest BCUT2D eigenvalue weighted by atomic mass is 16.6. The molecule has 144 valence electrons. The Balaban J connectivity index is 2.15. The average molecular weight is 371 g/mol. The summed E-state index contributed by atoms with van der Waals surface area (Å²) in [5, 5.41) is 13.7. The van der Waals surface area contributed by atoms with Crippen LogP contribution in [0.3, 0.4) is 0 Å². The molecule has 1 unspecified atom stereocenters. The quantitative estimate of drug-likeness (QED) is 0.539. The molecule has 27 heavy (non-hydrogen) atoms. The third kappa shape index (κ3) is 5.27. The molecule has 0 aliphatic heterocycles. The van der Waals surface area contributed by atoms with Crippen LogP contribution in [0, 0.1) is 10.1 Å². The van der Waals surface area contributed by atoms with Crippen molar-refractivity contribution in [2.45, 2.75) is 19.9 Å². The number of nitro groups is 1. The van der Waals surface area contributed by atoms with Crippen LogP contribution in [0.5, 0.6) is 5.75 Å². The Hall–Kier alpha value is -2.93. The molecule has 0 radical (unpaired) electrons. The number of benzene rings is 2. The third-order valence-electron chi connectivity index (χ3n) is 4.53. The molecule has 7 heteroatoms. The molecule has 2 aromatic rings. The van der Waals surface area contributed by atoms with E-state index in [1.807, 2.05) is 24.3 Å². The van der Waals surface area contributed by atoms with Gasteiger partial charge in [0.15, 0.2) is 0 Å². The van der Waals surface area contributed by atoms with Gasteiger partial charge in [-0.05, 0) is 42.9 Å². The van der Waals surface area contributed by atoms with E-state index in [-0.39, 0.29) is 17.6 Å². The number of carbonyl (C=O) groups excluding carboxylic acids is 1. The van der Waals surface area contributed by atoms with Crippen LogP contribution < -0.4 is 10.1 Å². The molecule has 0 heterocycles. The maximum absolute atomic E-state index is 12.5. The minimum absolute atomic E-state index is 0.00269. The fourth-order valence-corrected chi connectivity index (χ4v) is 3.00. The van der Waals surface area contributed by atoms with Gasteiger partial charge in [0.25, 0.3) is 11.6 Å². The summed E-state index contributed by atoms with van der Waals surface area (Å²) in [7, 11) is 1.63. The van der Waals surface area contributed by atoms with E-state index in [4.69, 9.17) is 4.74 Å². The van der Waals surface area contributed by atoms with Crippen molar-refractivity contribution in [1.82, 2.24) is 10.2 Å². The second kappa shape index (κ2) is 9.68. The number of likely N-dealkylation sites (N-methyl/N-ethyl adjacent to an activating group) is 1. The third-order valence-corrected chi connectivity index (χ3v) is 4.53. The molecule has 1 amide bonds. The fraction of sp³-hybridized carbons (Fsp3) is 0.350. The van der Waals surface area contributed by atoms with Gasteiger partial charge in [-0.2, -0.15) is 0 Å². The fourth-order valence-electron chi connectivity index (χ4n) is 3.00. The minimum Gasteiger partial charge on any atom is -0.497 e. The van der Waals surface area contributed by atoms with Crippen LogP contribution in [-0.2, 0) is 0 Å². The summed E-state index contributed by atoms with van der Waals surface area (Å²) in [5.41, 5.74) is 1.41. The normalized spacial score (nSPS) is 11.9. The Morgan fingerprint density at radius 3 is 2.41 bits per heavy atom. The monoisotopic (exact) mass is 371 g/mol. The molecule has 0 fully saturated rings. The number of rotatable bonds is 9. The summed E-state index contributed by atoms with van der Waals surface area (Å²) in [5.74, 6) is 0.510. The first kappa shape index (κ1) is 20.4. The lowest BCUT2D eigenvalue weighted by molar-refractivity contribution is -0.384. The van der Waals surface area contributed by atoms with Crippen LogP contribution in [0.25, 0.3) is 0 Å². The van der Waals surface area contributed by atoms with Gasteiger partial charge in [0.2, 0.25) is 0 Å². The number of non-ortho nitro benzene ring substituents is 1. The van der Waals surface area contributed by atoms with Crippen molar-refractivity contribution in [3.63, 3.8) is 0 Å². The number of carbonyl (C=O) groups is 1. The Morgan fingerprint density at radius 1 is 1.19 bits per heavy atom. The van der Waals surface area contributed by atoms with Crippen molar-refractivity contribution in [2.75, 3.05) is 26.7 Å². The zero-order valence-electron chi connectivity index (χ0n) is 15.8. The predicted octanol–water partition coefficient (Wildman–Crippen LogP) is 3.42. The first-order valence-electron chi connectivity index (χ1n) is 8.90. The number of amides is 1. The molecular formula is C20H25N3O4. The molecule has 0 saturated carbocycles. The molecule has 2 rings (SSSR count). The molecule has 1 atom stereocenters. The van der Waals surface area contributed by atoms with Crippen molar-refractivity contribution >= 4 is 11.6 Å². The molecule has 0 aliphatic rings. The van der Waals surface area contributed by atoms with Crippen LogP contribution in [0.2, 0.25) is 0 Å². The molecule has 0 spiro atoms. The summed E-state index contributed by atoms with van der Waals surface area (Å²) in [6.07, 6.45) is 0. The Bertz CT molecular complexity index is 773.